The maximum Gasteiger partial charge on any atom is 0.249 e. The second kappa shape index (κ2) is 5.21. The van der Waals surface area contributed by atoms with Crippen molar-refractivity contribution in [3.63, 3.8) is 0 Å². The molecule has 0 saturated heterocycles. The third-order valence-electron chi connectivity index (χ3n) is 2.95. The Morgan fingerprint density at radius 1 is 1.44 bits per heavy atom. The van der Waals surface area contributed by atoms with Crippen LogP contribution in [0.4, 0.5) is 0 Å². The summed E-state index contributed by atoms with van der Waals surface area (Å²) in [7, 11) is 0. The van der Waals surface area contributed by atoms with Gasteiger partial charge in [-0.25, -0.2) is 0 Å². The average molecular weight is 246 g/mol. The number of carbonyl (C=O) groups is 1. The molecular formula is C14H18N2O2. The Morgan fingerprint density at radius 2 is 2.17 bits per heavy atom. The van der Waals surface area contributed by atoms with Crippen LogP contribution in [0, 0.1) is 0 Å². The summed E-state index contributed by atoms with van der Waals surface area (Å²) in [6.45, 7) is 4.03. The summed E-state index contributed by atoms with van der Waals surface area (Å²) >= 11 is 0. The summed E-state index contributed by atoms with van der Waals surface area (Å²) < 4.78 is 0. The molecule has 0 heterocycles. The molecule has 0 atom stereocenters. The van der Waals surface area contributed by atoms with E-state index < -0.39 is 5.91 Å². The molecule has 0 unspecified atom stereocenters. The highest BCUT2D eigenvalue weighted by molar-refractivity contribution is 5.94. The first kappa shape index (κ1) is 12.6. The topological polar surface area (TPSA) is 64.7 Å². The minimum absolute atomic E-state index is 0.302. The van der Waals surface area contributed by atoms with Crippen molar-refractivity contribution in [2.75, 3.05) is 0 Å². The zero-order chi connectivity index (χ0) is 13.1. The Hall–Kier alpha value is -1.84. The number of hydrogen-bond acceptors (Lipinski definition) is 3. The average Bonchev–Trinajstić information content (AvgIpc) is 3.12. The number of carbonyl (C=O) groups excluding carboxylic acids is 1. The van der Waals surface area contributed by atoms with Crippen molar-refractivity contribution < 1.29 is 9.63 Å². The number of primary amides is 1. The Morgan fingerprint density at radius 3 is 2.72 bits per heavy atom. The zero-order valence-corrected chi connectivity index (χ0v) is 10.8. The molecule has 18 heavy (non-hydrogen) atoms. The number of nitrogens with two attached hydrogens (primary N) is 1. The highest BCUT2D eigenvalue weighted by Gasteiger charge is 2.27. The summed E-state index contributed by atoms with van der Waals surface area (Å²) in [6, 6.07) is 5.67. The van der Waals surface area contributed by atoms with E-state index in [2.05, 4.69) is 5.16 Å². The Bertz CT molecular complexity index is 487. The monoisotopic (exact) mass is 246 g/mol. The van der Waals surface area contributed by atoms with Crippen LogP contribution in [-0.2, 0) is 11.4 Å². The van der Waals surface area contributed by atoms with Gasteiger partial charge < -0.3 is 10.6 Å². The van der Waals surface area contributed by atoms with Crippen LogP contribution in [-0.4, -0.2) is 11.6 Å². The van der Waals surface area contributed by atoms with Gasteiger partial charge in [-0.3, -0.25) is 4.79 Å². The van der Waals surface area contributed by atoms with Crippen molar-refractivity contribution in [1.82, 2.24) is 0 Å². The lowest BCUT2D eigenvalue weighted by Crippen LogP contribution is -2.15. The maximum absolute atomic E-state index is 11.4. The molecule has 0 aliphatic heterocycles. The number of rotatable bonds is 5. The number of oxime groups is 1. The fraction of sp³-hybridized carbons (Fsp3) is 0.429. The molecule has 1 aliphatic carbocycles. The summed E-state index contributed by atoms with van der Waals surface area (Å²) in [6.07, 6.45) is 2.34. The maximum atomic E-state index is 11.4. The van der Waals surface area contributed by atoms with E-state index in [1.807, 2.05) is 26.0 Å². The molecule has 0 spiro atoms. The van der Waals surface area contributed by atoms with Crippen LogP contribution in [0.1, 0.15) is 54.1 Å². The quantitative estimate of drug-likeness (QED) is 0.641. The fourth-order valence-corrected chi connectivity index (χ4v) is 2.00. The van der Waals surface area contributed by atoms with E-state index in [4.69, 9.17) is 10.6 Å². The Labute approximate surface area is 107 Å². The summed E-state index contributed by atoms with van der Waals surface area (Å²) in [5, 5.41) is 3.91. The molecule has 1 aromatic carbocycles. The van der Waals surface area contributed by atoms with E-state index in [1.165, 1.54) is 18.4 Å². The van der Waals surface area contributed by atoms with Crippen molar-refractivity contribution in [1.29, 1.82) is 0 Å². The number of amides is 1. The summed E-state index contributed by atoms with van der Waals surface area (Å²) in [5.74, 6) is 0.142. The van der Waals surface area contributed by atoms with Crippen molar-refractivity contribution in [3.8, 4) is 0 Å². The van der Waals surface area contributed by atoms with Gasteiger partial charge in [0.25, 0.3) is 0 Å². The van der Waals surface area contributed by atoms with Crippen LogP contribution in [0.2, 0.25) is 0 Å². The van der Waals surface area contributed by atoms with Gasteiger partial charge in [-0.1, -0.05) is 17.3 Å². The van der Waals surface area contributed by atoms with Gasteiger partial charge in [-0.2, -0.15) is 0 Å². The first-order valence-corrected chi connectivity index (χ1v) is 6.14. The van der Waals surface area contributed by atoms with E-state index in [0.717, 1.165) is 11.3 Å². The van der Waals surface area contributed by atoms with E-state index in [0.29, 0.717) is 18.1 Å². The molecule has 1 aromatic rings. The summed E-state index contributed by atoms with van der Waals surface area (Å²) in [4.78, 5) is 16.7. The minimum atomic E-state index is -0.409. The molecule has 2 rings (SSSR count). The van der Waals surface area contributed by atoms with E-state index in [-0.39, 0.29) is 0 Å². The third kappa shape index (κ3) is 2.88. The first-order chi connectivity index (χ1) is 8.59. The van der Waals surface area contributed by atoms with Crippen LogP contribution in [0.15, 0.2) is 23.4 Å². The Kier molecular flexibility index (Phi) is 3.65. The standard InChI is InChI=1S/C14H18N2O2/c1-9(2)16-18-8-13-11(10-6-7-10)4-3-5-12(13)14(15)17/h3-5,10H,6-8H2,1-2H3,(H2,15,17). The smallest absolute Gasteiger partial charge is 0.249 e. The van der Waals surface area contributed by atoms with Gasteiger partial charge in [-0.15, -0.1) is 0 Å². The van der Waals surface area contributed by atoms with Gasteiger partial charge >= 0.3 is 0 Å². The van der Waals surface area contributed by atoms with Crippen molar-refractivity contribution in [2.45, 2.75) is 39.2 Å². The van der Waals surface area contributed by atoms with Crippen LogP contribution in [0.25, 0.3) is 0 Å². The lowest BCUT2D eigenvalue weighted by atomic mass is 9.98. The number of benzene rings is 1. The van der Waals surface area contributed by atoms with E-state index in [9.17, 15) is 4.79 Å². The number of nitrogens with zero attached hydrogens (tertiary/aromatic N) is 1. The van der Waals surface area contributed by atoms with Gasteiger partial charge in [0, 0.05) is 11.1 Å². The van der Waals surface area contributed by atoms with Crippen molar-refractivity contribution >= 4 is 11.6 Å². The van der Waals surface area contributed by atoms with Crippen molar-refractivity contribution in [3.05, 3.63) is 34.9 Å². The molecule has 1 fully saturated rings. The van der Waals surface area contributed by atoms with Gasteiger partial charge in [0.15, 0.2) is 0 Å². The molecule has 1 aliphatic rings. The molecule has 2 N–H and O–H groups in total. The van der Waals surface area contributed by atoms with Crippen LogP contribution >= 0.6 is 0 Å². The number of hydrogen-bond donors (Lipinski definition) is 1. The van der Waals surface area contributed by atoms with Crippen molar-refractivity contribution in [2.24, 2.45) is 10.9 Å². The highest BCUT2D eigenvalue weighted by Crippen LogP contribution is 2.42. The zero-order valence-electron chi connectivity index (χ0n) is 10.8. The molecule has 96 valence electrons. The first-order valence-electron chi connectivity index (χ1n) is 6.14. The van der Waals surface area contributed by atoms with E-state index >= 15 is 0 Å². The third-order valence-corrected chi connectivity index (χ3v) is 2.95. The van der Waals surface area contributed by atoms with Gasteiger partial charge in [0.05, 0.1) is 5.71 Å². The van der Waals surface area contributed by atoms with Crippen LogP contribution in [0.5, 0.6) is 0 Å². The highest BCUT2D eigenvalue weighted by atomic mass is 16.6. The predicted octanol–water partition coefficient (Wildman–Crippen LogP) is 2.58. The molecule has 1 amide bonds. The lowest BCUT2D eigenvalue weighted by molar-refractivity contribution is 0.0988. The van der Waals surface area contributed by atoms with Crippen LogP contribution < -0.4 is 5.73 Å². The SMILES string of the molecule is CC(C)=NOCc1c(C(N)=O)cccc1C1CC1. The molecule has 0 aromatic heterocycles. The second-order valence-electron chi connectivity index (χ2n) is 4.82. The lowest BCUT2D eigenvalue weighted by Gasteiger charge is -2.11. The van der Waals surface area contributed by atoms with Gasteiger partial charge in [0.2, 0.25) is 5.91 Å². The molecule has 0 bridgehead atoms. The minimum Gasteiger partial charge on any atom is -0.391 e. The van der Waals surface area contributed by atoms with Gasteiger partial charge in [-0.05, 0) is 44.2 Å². The normalized spacial score (nSPS) is 14.1. The van der Waals surface area contributed by atoms with E-state index in [1.54, 1.807) is 6.07 Å². The fourth-order valence-electron chi connectivity index (χ4n) is 2.00. The summed E-state index contributed by atoms with van der Waals surface area (Å²) in [5.41, 5.74) is 8.86. The Balaban J connectivity index is 2.28. The molecule has 1 saturated carbocycles. The largest absolute Gasteiger partial charge is 0.391 e. The van der Waals surface area contributed by atoms with Crippen LogP contribution in [0.3, 0.4) is 0 Å². The molecule has 4 nitrogen and oxygen atoms in total. The molecular weight excluding hydrogens is 228 g/mol. The van der Waals surface area contributed by atoms with Gasteiger partial charge in [0.1, 0.15) is 6.61 Å². The molecule has 4 heteroatoms. The molecule has 0 radical (unpaired) electrons. The predicted molar refractivity (Wildman–Crippen MR) is 70.5 cm³/mol. The second-order valence-corrected chi connectivity index (χ2v) is 4.82.